The molecule has 1 atom stereocenters. The van der Waals surface area contributed by atoms with Gasteiger partial charge in [0.2, 0.25) is 17.8 Å². The van der Waals surface area contributed by atoms with Crippen LogP contribution in [0.15, 0.2) is 42.9 Å². The molecule has 9 heteroatoms. The number of primary amides is 1. The lowest BCUT2D eigenvalue weighted by molar-refractivity contribution is -0.135. The number of carbonyl (C=O) groups excluding carboxylic acids is 2. The van der Waals surface area contributed by atoms with Crippen LogP contribution in [0.3, 0.4) is 0 Å². The van der Waals surface area contributed by atoms with Gasteiger partial charge in [-0.2, -0.15) is 0 Å². The number of imidazole rings is 1. The summed E-state index contributed by atoms with van der Waals surface area (Å²) in [4.78, 5) is 43.1. The second-order valence-corrected chi connectivity index (χ2v) is 9.79. The van der Waals surface area contributed by atoms with Gasteiger partial charge in [0.25, 0.3) is 0 Å². The van der Waals surface area contributed by atoms with Gasteiger partial charge < -0.3 is 20.1 Å². The third-order valence-corrected chi connectivity index (χ3v) is 6.63. The second kappa shape index (κ2) is 10.9. The normalized spacial score (nSPS) is 15.8. The van der Waals surface area contributed by atoms with E-state index in [1.807, 2.05) is 36.2 Å². The molecule has 2 N–H and O–H groups in total. The van der Waals surface area contributed by atoms with Gasteiger partial charge in [-0.05, 0) is 37.0 Å². The zero-order chi connectivity index (χ0) is 25.8. The molecule has 1 fully saturated rings. The van der Waals surface area contributed by atoms with Crippen molar-refractivity contribution in [2.24, 2.45) is 5.73 Å². The number of rotatable bonds is 8. The van der Waals surface area contributed by atoms with Crippen LogP contribution in [-0.4, -0.2) is 56.9 Å². The Labute approximate surface area is 212 Å². The van der Waals surface area contributed by atoms with Crippen molar-refractivity contribution in [3.8, 4) is 11.1 Å². The lowest BCUT2D eigenvalue weighted by Gasteiger charge is -2.36. The molecule has 190 valence electrons. The standard InChI is InChI=1S/C27H35N7O2/c1-18(2)26-29-12-15-33(26)14-11-23(35)34-13-6-5-10-22(34)24-21(17-30-27(31-24)32(3)4)19-8-7-9-20(16-19)25(28)36/h7-9,12,15-18,22H,5-6,10-11,13-14H2,1-4H3,(H2,28,36). The number of amides is 2. The van der Waals surface area contributed by atoms with Gasteiger partial charge in [0.15, 0.2) is 0 Å². The summed E-state index contributed by atoms with van der Waals surface area (Å²) in [5.74, 6) is 1.48. The number of nitrogens with two attached hydrogens (primary N) is 1. The minimum absolute atomic E-state index is 0.102. The van der Waals surface area contributed by atoms with Gasteiger partial charge in [0.05, 0.1) is 11.7 Å². The van der Waals surface area contributed by atoms with E-state index in [0.717, 1.165) is 41.9 Å². The predicted octanol–water partition coefficient (Wildman–Crippen LogP) is 3.77. The van der Waals surface area contributed by atoms with E-state index in [4.69, 9.17) is 10.7 Å². The van der Waals surface area contributed by atoms with Crippen molar-refractivity contribution in [2.75, 3.05) is 25.5 Å². The van der Waals surface area contributed by atoms with Gasteiger partial charge in [-0.25, -0.2) is 15.0 Å². The number of aromatic nitrogens is 4. The molecule has 0 aliphatic carbocycles. The van der Waals surface area contributed by atoms with Crippen LogP contribution in [0.25, 0.3) is 11.1 Å². The Morgan fingerprint density at radius 2 is 2.00 bits per heavy atom. The summed E-state index contributed by atoms with van der Waals surface area (Å²) in [7, 11) is 3.79. The van der Waals surface area contributed by atoms with E-state index in [0.29, 0.717) is 36.9 Å². The van der Waals surface area contributed by atoms with Crippen LogP contribution in [0.1, 0.15) is 73.4 Å². The molecule has 1 saturated heterocycles. The van der Waals surface area contributed by atoms with Crippen molar-refractivity contribution in [3.63, 3.8) is 0 Å². The molecule has 3 aromatic rings. The van der Waals surface area contributed by atoms with Crippen molar-refractivity contribution >= 4 is 17.8 Å². The van der Waals surface area contributed by atoms with Crippen LogP contribution in [0.4, 0.5) is 5.95 Å². The first-order valence-corrected chi connectivity index (χ1v) is 12.5. The fourth-order valence-electron chi connectivity index (χ4n) is 4.80. The Morgan fingerprint density at radius 3 is 2.72 bits per heavy atom. The van der Waals surface area contributed by atoms with Crippen molar-refractivity contribution in [3.05, 3.63) is 59.9 Å². The summed E-state index contributed by atoms with van der Waals surface area (Å²) in [5.41, 5.74) is 8.38. The van der Waals surface area contributed by atoms with E-state index in [1.165, 1.54) is 0 Å². The Bertz CT molecular complexity index is 1230. The van der Waals surface area contributed by atoms with Crippen molar-refractivity contribution in [2.45, 2.75) is 58.0 Å². The Hall–Kier alpha value is -3.75. The Morgan fingerprint density at radius 1 is 1.19 bits per heavy atom. The molecule has 36 heavy (non-hydrogen) atoms. The summed E-state index contributed by atoms with van der Waals surface area (Å²) in [6.45, 7) is 5.49. The molecular formula is C27H35N7O2. The van der Waals surface area contributed by atoms with E-state index in [-0.39, 0.29) is 11.9 Å². The number of piperidine rings is 1. The smallest absolute Gasteiger partial charge is 0.248 e. The minimum atomic E-state index is -0.487. The molecule has 1 aromatic carbocycles. The number of nitrogens with zero attached hydrogens (tertiary/aromatic N) is 6. The van der Waals surface area contributed by atoms with Gasteiger partial charge in [-0.3, -0.25) is 9.59 Å². The number of aryl methyl sites for hydroxylation is 1. The molecule has 2 amide bonds. The van der Waals surface area contributed by atoms with Crippen LogP contribution in [0.5, 0.6) is 0 Å². The highest BCUT2D eigenvalue weighted by Crippen LogP contribution is 2.37. The molecular weight excluding hydrogens is 454 g/mol. The number of hydrogen-bond acceptors (Lipinski definition) is 6. The van der Waals surface area contributed by atoms with Crippen molar-refractivity contribution in [1.29, 1.82) is 0 Å². The summed E-state index contributed by atoms with van der Waals surface area (Å²) < 4.78 is 2.07. The monoisotopic (exact) mass is 489 g/mol. The highest BCUT2D eigenvalue weighted by Gasteiger charge is 2.31. The number of hydrogen-bond donors (Lipinski definition) is 1. The van der Waals surface area contributed by atoms with Crippen LogP contribution in [0, 0.1) is 0 Å². The fourth-order valence-corrected chi connectivity index (χ4v) is 4.80. The molecule has 0 saturated carbocycles. The van der Waals surface area contributed by atoms with E-state index in [1.54, 1.807) is 30.6 Å². The van der Waals surface area contributed by atoms with Crippen LogP contribution >= 0.6 is 0 Å². The molecule has 3 heterocycles. The van der Waals surface area contributed by atoms with E-state index >= 15 is 0 Å². The molecule has 9 nitrogen and oxygen atoms in total. The zero-order valence-corrected chi connectivity index (χ0v) is 21.5. The Kier molecular flexibility index (Phi) is 7.67. The van der Waals surface area contributed by atoms with Crippen LogP contribution in [-0.2, 0) is 11.3 Å². The third kappa shape index (κ3) is 5.40. The third-order valence-electron chi connectivity index (χ3n) is 6.63. The summed E-state index contributed by atoms with van der Waals surface area (Å²) >= 11 is 0. The highest BCUT2D eigenvalue weighted by molar-refractivity contribution is 5.94. The average molecular weight is 490 g/mol. The first-order valence-electron chi connectivity index (χ1n) is 12.5. The molecule has 4 rings (SSSR count). The van der Waals surface area contributed by atoms with Gasteiger partial charge in [0, 0.05) is 69.2 Å². The van der Waals surface area contributed by atoms with Gasteiger partial charge >= 0.3 is 0 Å². The number of anilines is 1. The highest BCUT2D eigenvalue weighted by atomic mass is 16.2. The number of carbonyl (C=O) groups is 2. The molecule has 0 radical (unpaired) electrons. The Balaban J connectivity index is 1.67. The van der Waals surface area contributed by atoms with Crippen LogP contribution in [0.2, 0.25) is 0 Å². The topological polar surface area (TPSA) is 110 Å². The zero-order valence-electron chi connectivity index (χ0n) is 21.5. The fraction of sp³-hybridized carbons (Fsp3) is 0.444. The van der Waals surface area contributed by atoms with E-state index in [9.17, 15) is 9.59 Å². The van der Waals surface area contributed by atoms with Gasteiger partial charge in [0.1, 0.15) is 5.82 Å². The quantitative estimate of drug-likeness (QED) is 0.516. The lowest BCUT2D eigenvalue weighted by Crippen LogP contribution is -2.39. The molecule has 1 unspecified atom stereocenters. The summed E-state index contributed by atoms with van der Waals surface area (Å²) in [5, 5.41) is 0. The molecule has 0 bridgehead atoms. The van der Waals surface area contributed by atoms with Crippen LogP contribution < -0.4 is 10.6 Å². The van der Waals surface area contributed by atoms with Gasteiger partial charge in [-0.1, -0.05) is 26.0 Å². The molecule has 1 aliphatic rings. The maximum Gasteiger partial charge on any atom is 0.248 e. The number of likely N-dealkylation sites (tertiary alicyclic amines) is 1. The average Bonchev–Trinajstić information content (AvgIpc) is 3.36. The summed E-state index contributed by atoms with van der Waals surface area (Å²) in [6.07, 6.45) is 8.70. The molecule has 0 spiro atoms. The second-order valence-electron chi connectivity index (χ2n) is 9.79. The molecule has 1 aliphatic heterocycles. The van der Waals surface area contributed by atoms with Gasteiger partial charge in [-0.15, -0.1) is 0 Å². The van der Waals surface area contributed by atoms with E-state index < -0.39 is 5.91 Å². The first-order chi connectivity index (χ1) is 17.3. The number of benzene rings is 1. The maximum absolute atomic E-state index is 13.5. The van der Waals surface area contributed by atoms with Crippen molar-refractivity contribution < 1.29 is 9.59 Å². The van der Waals surface area contributed by atoms with E-state index in [2.05, 4.69) is 28.4 Å². The molecule has 2 aromatic heterocycles. The SMILES string of the molecule is CC(C)c1nccn1CCC(=O)N1CCCCC1c1nc(N(C)C)ncc1-c1cccc(C(N)=O)c1. The predicted molar refractivity (Wildman–Crippen MR) is 140 cm³/mol. The largest absolute Gasteiger partial charge is 0.366 e. The van der Waals surface area contributed by atoms with Crippen molar-refractivity contribution in [1.82, 2.24) is 24.4 Å². The lowest BCUT2D eigenvalue weighted by atomic mass is 9.93. The summed E-state index contributed by atoms with van der Waals surface area (Å²) in [6, 6.07) is 7.01. The maximum atomic E-state index is 13.5. The minimum Gasteiger partial charge on any atom is -0.366 e. The first kappa shape index (κ1) is 25.3.